The molecule has 172 valence electrons. The fourth-order valence-electron chi connectivity index (χ4n) is 4.41. The fourth-order valence-corrected chi connectivity index (χ4v) is 4.41. The summed E-state index contributed by atoms with van der Waals surface area (Å²) in [6, 6.07) is 13.0. The van der Waals surface area contributed by atoms with Crippen LogP contribution in [0.4, 0.5) is 13.2 Å². The molecule has 1 unspecified atom stereocenters. The van der Waals surface area contributed by atoms with E-state index < -0.39 is 23.2 Å². The van der Waals surface area contributed by atoms with Crippen LogP contribution in [0.1, 0.15) is 43.2 Å². The molecule has 8 heteroatoms. The predicted molar refractivity (Wildman–Crippen MR) is 122 cm³/mol. The van der Waals surface area contributed by atoms with E-state index in [-0.39, 0.29) is 12.0 Å². The SMILES string of the molecule is BCCCCC(N)(C(=O)O)[C@H]1C[C@@H](NCc2ccccc2-c2ccc(C(F)(F)F)cc2)C1. The van der Waals surface area contributed by atoms with Crippen molar-refractivity contribution < 1.29 is 23.1 Å². The summed E-state index contributed by atoms with van der Waals surface area (Å²) in [5.74, 6) is -0.982. The summed E-state index contributed by atoms with van der Waals surface area (Å²) in [5.41, 5.74) is 7.04. The molecular formula is C24H30BF3N2O2. The van der Waals surface area contributed by atoms with Gasteiger partial charge in [0, 0.05) is 12.6 Å². The summed E-state index contributed by atoms with van der Waals surface area (Å²) in [7, 11) is 2.07. The van der Waals surface area contributed by atoms with Crippen molar-refractivity contribution >= 4 is 13.8 Å². The highest BCUT2D eigenvalue weighted by Gasteiger charge is 2.47. The van der Waals surface area contributed by atoms with Gasteiger partial charge in [0.05, 0.1) is 5.56 Å². The highest BCUT2D eigenvalue weighted by atomic mass is 19.4. The second-order valence-corrected chi connectivity index (χ2v) is 8.78. The molecule has 1 aliphatic rings. The van der Waals surface area contributed by atoms with Gasteiger partial charge in [0.25, 0.3) is 0 Å². The molecule has 1 fully saturated rings. The molecule has 0 heterocycles. The van der Waals surface area contributed by atoms with E-state index in [1.54, 1.807) is 0 Å². The van der Waals surface area contributed by atoms with Crippen LogP contribution < -0.4 is 11.1 Å². The van der Waals surface area contributed by atoms with Crippen LogP contribution in [0.25, 0.3) is 11.1 Å². The second kappa shape index (κ2) is 10.1. The van der Waals surface area contributed by atoms with Crippen molar-refractivity contribution in [3.8, 4) is 11.1 Å². The Morgan fingerprint density at radius 2 is 1.75 bits per heavy atom. The van der Waals surface area contributed by atoms with E-state index in [2.05, 4.69) is 13.2 Å². The average molecular weight is 446 g/mol. The summed E-state index contributed by atoms with van der Waals surface area (Å²) >= 11 is 0. The molecule has 0 saturated heterocycles. The topological polar surface area (TPSA) is 75.4 Å². The maximum atomic E-state index is 12.9. The first-order chi connectivity index (χ1) is 15.1. The molecule has 0 amide bonds. The molecule has 32 heavy (non-hydrogen) atoms. The van der Waals surface area contributed by atoms with Crippen LogP contribution in [-0.4, -0.2) is 30.5 Å². The van der Waals surface area contributed by atoms with Crippen LogP contribution in [0.2, 0.25) is 6.32 Å². The highest BCUT2D eigenvalue weighted by Crippen LogP contribution is 2.39. The first kappa shape index (κ1) is 24.3. The number of benzene rings is 2. The Hall–Kier alpha value is -2.32. The van der Waals surface area contributed by atoms with Crippen molar-refractivity contribution in [2.24, 2.45) is 11.7 Å². The first-order valence-corrected chi connectivity index (χ1v) is 11.2. The highest BCUT2D eigenvalue weighted by molar-refractivity contribution is 6.08. The number of hydrogen-bond donors (Lipinski definition) is 3. The third-order valence-corrected chi connectivity index (χ3v) is 6.58. The summed E-state index contributed by atoms with van der Waals surface area (Å²) in [5, 5.41) is 13.1. The van der Waals surface area contributed by atoms with Gasteiger partial charge in [-0.05, 0) is 54.0 Å². The number of nitrogens with two attached hydrogens (primary N) is 1. The molecule has 2 aromatic rings. The summed E-state index contributed by atoms with van der Waals surface area (Å²) in [6.07, 6.45) is 0.350. The van der Waals surface area contributed by atoms with Crippen molar-refractivity contribution in [3.05, 3.63) is 59.7 Å². The van der Waals surface area contributed by atoms with Crippen LogP contribution in [0.15, 0.2) is 48.5 Å². The van der Waals surface area contributed by atoms with Gasteiger partial charge in [0.1, 0.15) is 13.4 Å². The molecule has 0 bridgehead atoms. The summed E-state index contributed by atoms with van der Waals surface area (Å²) in [4.78, 5) is 11.8. The van der Waals surface area contributed by atoms with E-state index >= 15 is 0 Å². The number of rotatable bonds is 10. The zero-order chi connectivity index (χ0) is 23.4. The van der Waals surface area contributed by atoms with Gasteiger partial charge >= 0.3 is 12.1 Å². The minimum absolute atomic E-state index is 0.0560. The molecule has 2 aromatic carbocycles. The maximum Gasteiger partial charge on any atom is 0.416 e. The van der Waals surface area contributed by atoms with Crippen LogP contribution in [0.3, 0.4) is 0 Å². The van der Waals surface area contributed by atoms with Gasteiger partial charge < -0.3 is 16.2 Å². The van der Waals surface area contributed by atoms with Crippen LogP contribution in [0.5, 0.6) is 0 Å². The van der Waals surface area contributed by atoms with Gasteiger partial charge in [0.2, 0.25) is 0 Å². The van der Waals surface area contributed by atoms with E-state index in [0.717, 1.165) is 48.0 Å². The molecular weight excluding hydrogens is 416 g/mol. The summed E-state index contributed by atoms with van der Waals surface area (Å²) < 4.78 is 38.6. The van der Waals surface area contributed by atoms with Crippen LogP contribution in [0, 0.1) is 5.92 Å². The summed E-state index contributed by atoms with van der Waals surface area (Å²) in [6.45, 7) is 0.551. The number of unbranched alkanes of at least 4 members (excludes halogenated alkanes) is 1. The minimum Gasteiger partial charge on any atom is -0.480 e. The molecule has 0 aromatic heterocycles. The Balaban J connectivity index is 1.60. The number of nitrogens with one attached hydrogen (secondary N) is 1. The lowest BCUT2D eigenvalue weighted by atomic mass is 9.66. The minimum atomic E-state index is -4.36. The van der Waals surface area contributed by atoms with Gasteiger partial charge in [-0.15, -0.1) is 0 Å². The third-order valence-electron chi connectivity index (χ3n) is 6.58. The van der Waals surface area contributed by atoms with Crippen LogP contribution >= 0.6 is 0 Å². The normalized spacial score (nSPS) is 20.4. The van der Waals surface area contributed by atoms with Crippen molar-refractivity contribution in [2.75, 3.05) is 0 Å². The fraction of sp³-hybridized carbons (Fsp3) is 0.458. The van der Waals surface area contributed by atoms with E-state index in [9.17, 15) is 23.1 Å². The van der Waals surface area contributed by atoms with Gasteiger partial charge in [0.15, 0.2) is 0 Å². The van der Waals surface area contributed by atoms with E-state index in [1.807, 2.05) is 24.3 Å². The Kier molecular flexibility index (Phi) is 7.67. The van der Waals surface area contributed by atoms with Crippen molar-refractivity contribution in [1.29, 1.82) is 0 Å². The van der Waals surface area contributed by atoms with Gasteiger partial charge in [-0.1, -0.05) is 55.6 Å². The first-order valence-electron chi connectivity index (χ1n) is 11.2. The monoisotopic (exact) mass is 446 g/mol. The lowest BCUT2D eigenvalue weighted by Crippen LogP contribution is -2.61. The largest absolute Gasteiger partial charge is 0.480 e. The number of hydrogen-bond acceptors (Lipinski definition) is 3. The van der Waals surface area contributed by atoms with Gasteiger partial charge in [-0.25, -0.2) is 0 Å². The number of carboxylic acid groups (broad SMARTS) is 1. The maximum absolute atomic E-state index is 12.9. The molecule has 0 radical (unpaired) electrons. The van der Waals surface area contributed by atoms with Gasteiger partial charge in [-0.2, -0.15) is 13.2 Å². The van der Waals surface area contributed by atoms with Gasteiger partial charge in [-0.3, -0.25) is 4.79 Å². The molecule has 1 saturated carbocycles. The quantitative estimate of drug-likeness (QED) is 0.377. The number of carboxylic acids is 1. The number of halogens is 3. The number of aliphatic carboxylic acids is 1. The second-order valence-electron chi connectivity index (χ2n) is 8.78. The zero-order valence-corrected chi connectivity index (χ0v) is 18.3. The zero-order valence-electron chi connectivity index (χ0n) is 18.3. The molecule has 0 spiro atoms. The number of alkyl halides is 3. The Labute approximate surface area is 187 Å². The predicted octanol–water partition coefficient (Wildman–Crippen LogP) is 4.24. The molecule has 3 rings (SSSR count). The standard InChI is InChI=1S/C24H30BF3N2O2/c25-12-4-3-11-23(29,22(31)32)19-13-20(14-19)30-15-17-5-1-2-6-21(17)16-7-9-18(10-8-16)24(26,27)28/h1-2,5-10,19-20,30H,3-4,11-15,25,29H2,(H,31,32)/t19-,20+,23?. The van der Waals surface area contributed by atoms with Crippen molar-refractivity contribution in [3.63, 3.8) is 0 Å². The lowest BCUT2D eigenvalue weighted by Gasteiger charge is -2.45. The van der Waals surface area contributed by atoms with E-state index in [4.69, 9.17) is 5.73 Å². The van der Waals surface area contributed by atoms with Crippen molar-refractivity contribution in [1.82, 2.24) is 5.32 Å². The molecule has 4 N–H and O–H groups in total. The van der Waals surface area contributed by atoms with Crippen molar-refractivity contribution in [2.45, 2.75) is 62.7 Å². The smallest absolute Gasteiger partial charge is 0.416 e. The Morgan fingerprint density at radius 1 is 1.09 bits per heavy atom. The third kappa shape index (κ3) is 5.53. The van der Waals surface area contributed by atoms with E-state index in [1.165, 1.54) is 12.1 Å². The van der Waals surface area contributed by atoms with Crippen LogP contribution in [-0.2, 0) is 17.5 Å². The number of carbonyl (C=O) groups is 1. The molecule has 4 nitrogen and oxygen atoms in total. The molecule has 1 aliphatic carbocycles. The molecule has 1 atom stereocenters. The van der Waals surface area contributed by atoms with E-state index in [0.29, 0.717) is 25.8 Å². The average Bonchev–Trinajstić information content (AvgIpc) is 2.72. The Morgan fingerprint density at radius 3 is 2.34 bits per heavy atom. The lowest BCUT2D eigenvalue weighted by molar-refractivity contribution is -0.148. The molecule has 0 aliphatic heterocycles. The Bertz CT molecular complexity index is 914.